The number of aryl methyl sites for hydroxylation is 1. The highest BCUT2D eigenvalue weighted by Gasteiger charge is 2.14. The number of rotatable bonds is 0. The van der Waals surface area contributed by atoms with Crippen molar-refractivity contribution in [2.75, 3.05) is 0 Å². The largest absolute Gasteiger partial charge is 0.354 e. The lowest BCUT2D eigenvalue weighted by atomic mass is 9.93. The molecule has 0 amide bonds. The molecule has 0 aliphatic heterocycles. The van der Waals surface area contributed by atoms with Gasteiger partial charge in [-0.15, -0.1) is 0 Å². The Morgan fingerprint density at radius 3 is 2.83 bits per heavy atom. The first-order valence-electron chi connectivity index (χ1n) is 6.23. The van der Waals surface area contributed by atoms with Crippen LogP contribution in [0.15, 0.2) is 40.9 Å². The van der Waals surface area contributed by atoms with Crippen LogP contribution >= 0.6 is 15.9 Å². The molecule has 0 unspecified atom stereocenters. The highest BCUT2D eigenvalue weighted by atomic mass is 79.9. The van der Waals surface area contributed by atoms with Crippen molar-refractivity contribution in [2.45, 2.75) is 12.8 Å². The van der Waals surface area contributed by atoms with E-state index in [9.17, 15) is 0 Å². The normalized spacial score (nSPS) is 14.3. The molecule has 18 heavy (non-hydrogen) atoms. The lowest BCUT2D eigenvalue weighted by Gasteiger charge is -2.12. The van der Waals surface area contributed by atoms with Gasteiger partial charge in [0.2, 0.25) is 0 Å². The summed E-state index contributed by atoms with van der Waals surface area (Å²) in [4.78, 5) is 3.51. The van der Waals surface area contributed by atoms with Gasteiger partial charge in [-0.3, -0.25) is 0 Å². The first-order valence-corrected chi connectivity index (χ1v) is 7.02. The number of aromatic nitrogens is 1. The average molecular weight is 298 g/mol. The lowest BCUT2D eigenvalue weighted by Crippen LogP contribution is -1.94. The molecule has 3 aromatic rings. The summed E-state index contributed by atoms with van der Waals surface area (Å²) < 4.78 is 1.18. The van der Waals surface area contributed by atoms with Crippen molar-refractivity contribution in [1.82, 2.24) is 4.98 Å². The lowest BCUT2D eigenvalue weighted by molar-refractivity contribution is 0.998. The van der Waals surface area contributed by atoms with Gasteiger partial charge >= 0.3 is 0 Å². The van der Waals surface area contributed by atoms with Crippen LogP contribution in [0.4, 0.5) is 0 Å². The van der Waals surface area contributed by atoms with Gasteiger partial charge in [-0.05, 0) is 42.2 Å². The molecule has 0 fully saturated rings. The summed E-state index contributed by atoms with van der Waals surface area (Å²) in [7, 11) is 0. The molecule has 88 valence electrons. The Balaban J connectivity index is 2.27. The van der Waals surface area contributed by atoms with Crippen molar-refractivity contribution in [3.05, 3.63) is 52.0 Å². The number of benzene rings is 2. The van der Waals surface area contributed by atoms with Crippen molar-refractivity contribution in [1.29, 1.82) is 0 Å². The zero-order chi connectivity index (χ0) is 12.1. The molecule has 1 N–H and O–H groups in total. The number of hydrogen-bond donors (Lipinski definition) is 1. The van der Waals surface area contributed by atoms with E-state index in [1.807, 2.05) is 0 Å². The van der Waals surface area contributed by atoms with Crippen LogP contribution in [0.3, 0.4) is 0 Å². The van der Waals surface area contributed by atoms with E-state index in [1.54, 1.807) is 0 Å². The van der Waals surface area contributed by atoms with Crippen molar-refractivity contribution in [3.8, 4) is 0 Å². The van der Waals surface area contributed by atoms with Gasteiger partial charge < -0.3 is 4.98 Å². The zero-order valence-electron chi connectivity index (χ0n) is 9.83. The van der Waals surface area contributed by atoms with Crippen molar-refractivity contribution in [3.63, 3.8) is 0 Å². The third-order valence-electron chi connectivity index (χ3n) is 3.74. The molecular weight excluding hydrogens is 286 g/mol. The molecule has 1 heterocycles. The van der Waals surface area contributed by atoms with E-state index in [1.165, 1.54) is 37.4 Å². The second kappa shape index (κ2) is 3.72. The third kappa shape index (κ3) is 1.33. The summed E-state index contributed by atoms with van der Waals surface area (Å²) in [5.74, 6) is 0. The Hall–Kier alpha value is -1.54. The average Bonchev–Trinajstić information content (AvgIpc) is 2.79. The first kappa shape index (κ1) is 10.4. The number of fused-ring (bicyclic) bond motifs is 5. The Morgan fingerprint density at radius 1 is 1.00 bits per heavy atom. The third-order valence-corrected chi connectivity index (χ3v) is 4.40. The molecule has 1 aliphatic rings. The standard InChI is InChI=1S/C16H12BrN/c17-12-6-3-7-13-16(12)15-11-5-2-1-4-10(11)8-9-14(15)18-13/h1,3-4,6-9,18H,2,5H2. The number of nitrogens with one attached hydrogen (secondary N) is 1. The molecule has 1 aromatic heterocycles. The number of allylic oxidation sites excluding steroid dienone is 1. The first-order chi connectivity index (χ1) is 8.84. The van der Waals surface area contributed by atoms with Crippen LogP contribution in [0.5, 0.6) is 0 Å². The Bertz CT molecular complexity index is 796. The summed E-state index contributed by atoms with van der Waals surface area (Å²) in [6.07, 6.45) is 6.78. The molecular formula is C16H12BrN. The van der Waals surface area contributed by atoms with Crippen molar-refractivity contribution < 1.29 is 0 Å². The fourth-order valence-corrected chi connectivity index (χ4v) is 3.51. The molecule has 0 bridgehead atoms. The maximum atomic E-state index is 3.69. The van der Waals surface area contributed by atoms with Gasteiger partial charge in [0.25, 0.3) is 0 Å². The van der Waals surface area contributed by atoms with E-state index in [2.05, 4.69) is 63.4 Å². The summed E-state index contributed by atoms with van der Waals surface area (Å²) in [6.45, 7) is 0. The molecule has 1 nitrogen and oxygen atoms in total. The minimum atomic E-state index is 1.14. The molecule has 2 aromatic carbocycles. The van der Waals surface area contributed by atoms with Gasteiger partial charge in [0.15, 0.2) is 0 Å². The molecule has 0 saturated carbocycles. The van der Waals surface area contributed by atoms with Crippen molar-refractivity contribution >= 4 is 43.8 Å². The number of halogens is 1. The summed E-state index contributed by atoms with van der Waals surface area (Å²) >= 11 is 3.69. The summed E-state index contributed by atoms with van der Waals surface area (Å²) in [5.41, 5.74) is 5.30. The Labute approximate surface area is 114 Å². The minimum absolute atomic E-state index is 1.14. The maximum absolute atomic E-state index is 3.69. The van der Waals surface area contributed by atoms with E-state index in [-0.39, 0.29) is 0 Å². The molecule has 4 rings (SSSR count). The van der Waals surface area contributed by atoms with Crippen LogP contribution in [0.1, 0.15) is 17.5 Å². The van der Waals surface area contributed by atoms with E-state index < -0.39 is 0 Å². The smallest absolute Gasteiger partial charge is 0.0476 e. The van der Waals surface area contributed by atoms with E-state index in [4.69, 9.17) is 0 Å². The topological polar surface area (TPSA) is 15.8 Å². The van der Waals surface area contributed by atoms with E-state index in [0.717, 1.165) is 12.8 Å². The SMILES string of the molecule is Brc1cccc2[nH]c3ccc4c(c3c12)CCC=C4. The van der Waals surface area contributed by atoms with Gasteiger partial charge in [-0.2, -0.15) is 0 Å². The number of aromatic amines is 1. The molecule has 0 radical (unpaired) electrons. The fourth-order valence-electron chi connectivity index (χ4n) is 2.94. The summed E-state index contributed by atoms with van der Waals surface area (Å²) in [5, 5.41) is 2.71. The predicted octanol–water partition coefficient (Wildman–Crippen LogP) is 5.04. The number of H-pyrrole nitrogens is 1. The molecule has 2 heteroatoms. The maximum Gasteiger partial charge on any atom is 0.0476 e. The van der Waals surface area contributed by atoms with E-state index in [0.29, 0.717) is 0 Å². The fraction of sp³-hybridized carbons (Fsp3) is 0.125. The minimum Gasteiger partial charge on any atom is -0.354 e. The van der Waals surface area contributed by atoms with Gasteiger partial charge in [0, 0.05) is 26.3 Å². The second-order valence-corrected chi connectivity index (χ2v) is 5.64. The Morgan fingerprint density at radius 2 is 1.89 bits per heavy atom. The molecule has 1 aliphatic carbocycles. The number of hydrogen-bond acceptors (Lipinski definition) is 0. The van der Waals surface area contributed by atoms with Crippen LogP contribution < -0.4 is 0 Å². The Kier molecular flexibility index (Phi) is 2.15. The van der Waals surface area contributed by atoms with Gasteiger partial charge in [0.1, 0.15) is 0 Å². The summed E-state index contributed by atoms with van der Waals surface area (Å²) in [6, 6.07) is 10.7. The molecule has 0 saturated heterocycles. The zero-order valence-corrected chi connectivity index (χ0v) is 11.4. The quantitative estimate of drug-likeness (QED) is 0.598. The van der Waals surface area contributed by atoms with Gasteiger partial charge in [0.05, 0.1) is 0 Å². The molecule has 0 atom stereocenters. The van der Waals surface area contributed by atoms with Crippen LogP contribution in [-0.2, 0) is 6.42 Å². The molecule has 0 spiro atoms. The second-order valence-electron chi connectivity index (χ2n) is 4.78. The predicted molar refractivity (Wildman–Crippen MR) is 80.9 cm³/mol. The van der Waals surface area contributed by atoms with Crippen LogP contribution in [-0.4, -0.2) is 4.98 Å². The van der Waals surface area contributed by atoms with E-state index >= 15 is 0 Å². The van der Waals surface area contributed by atoms with Crippen LogP contribution in [0.25, 0.3) is 27.9 Å². The van der Waals surface area contributed by atoms with Gasteiger partial charge in [-0.25, -0.2) is 0 Å². The highest BCUT2D eigenvalue weighted by Crippen LogP contribution is 2.36. The monoisotopic (exact) mass is 297 g/mol. The van der Waals surface area contributed by atoms with Crippen molar-refractivity contribution in [2.24, 2.45) is 0 Å². The van der Waals surface area contributed by atoms with Crippen LogP contribution in [0.2, 0.25) is 0 Å². The van der Waals surface area contributed by atoms with Gasteiger partial charge in [-0.1, -0.05) is 40.2 Å². The highest BCUT2D eigenvalue weighted by molar-refractivity contribution is 9.10. The van der Waals surface area contributed by atoms with Crippen LogP contribution in [0, 0.1) is 0 Å².